The van der Waals surface area contributed by atoms with Gasteiger partial charge in [-0.1, -0.05) is 6.07 Å². The molecular formula is C12H16ClNO4. The van der Waals surface area contributed by atoms with E-state index in [4.69, 9.17) is 16.3 Å². The summed E-state index contributed by atoms with van der Waals surface area (Å²) in [6, 6.07) is 4.16. The number of hydrogen-bond acceptors (Lipinski definition) is 4. The van der Waals surface area contributed by atoms with Crippen molar-refractivity contribution < 1.29 is 19.7 Å². The number of alkyl halides is 1. The standard InChI is InChI=1S/C12H16ClNO4/c1-18-8-7-14(6-5-13)12(17)11-9(15)3-2-4-10(11)16/h2-4,15-16H,5-8H2,1H3. The fourth-order valence-electron chi connectivity index (χ4n) is 1.52. The highest BCUT2D eigenvalue weighted by atomic mass is 35.5. The number of carbonyl (C=O) groups excluding carboxylic acids is 1. The molecule has 1 aromatic rings. The zero-order chi connectivity index (χ0) is 13.5. The lowest BCUT2D eigenvalue weighted by atomic mass is 10.1. The maximum Gasteiger partial charge on any atom is 0.261 e. The van der Waals surface area contributed by atoms with Crippen molar-refractivity contribution in [3.05, 3.63) is 23.8 Å². The van der Waals surface area contributed by atoms with Crippen LogP contribution in [0.15, 0.2) is 18.2 Å². The minimum absolute atomic E-state index is 0.112. The van der Waals surface area contributed by atoms with E-state index in [1.807, 2.05) is 0 Å². The fourth-order valence-corrected chi connectivity index (χ4v) is 1.73. The van der Waals surface area contributed by atoms with Gasteiger partial charge in [-0.15, -0.1) is 11.6 Å². The predicted octanol–water partition coefficient (Wildman–Crippen LogP) is 1.43. The Balaban J connectivity index is 2.94. The first kappa shape index (κ1) is 14.6. The number of halogens is 1. The Kier molecular flexibility index (Phi) is 5.74. The second kappa shape index (κ2) is 7.08. The van der Waals surface area contributed by atoms with E-state index in [0.717, 1.165) is 0 Å². The highest BCUT2D eigenvalue weighted by molar-refractivity contribution is 6.18. The number of aromatic hydroxyl groups is 2. The first-order valence-electron chi connectivity index (χ1n) is 5.47. The summed E-state index contributed by atoms with van der Waals surface area (Å²) < 4.78 is 4.90. The van der Waals surface area contributed by atoms with Crippen molar-refractivity contribution in [2.75, 3.05) is 32.7 Å². The van der Waals surface area contributed by atoms with Gasteiger partial charge in [-0.2, -0.15) is 0 Å². The van der Waals surface area contributed by atoms with Gasteiger partial charge >= 0.3 is 0 Å². The first-order chi connectivity index (χ1) is 8.61. The van der Waals surface area contributed by atoms with E-state index < -0.39 is 5.91 Å². The molecule has 0 aliphatic rings. The minimum atomic E-state index is -0.469. The number of methoxy groups -OCH3 is 1. The topological polar surface area (TPSA) is 70.0 Å². The molecule has 0 atom stereocenters. The van der Waals surface area contributed by atoms with Crippen LogP contribution in [0.1, 0.15) is 10.4 Å². The maximum atomic E-state index is 12.2. The molecule has 1 rings (SSSR count). The molecule has 0 spiro atoms. The normalized spacial score (nSPS) is 10.3. The number of ether oxygens (including phenoxy) is 1. The van der Waals surface area contributed by atoms with E-state index in [0.29, 0.717) is 19.7 Å². The van der Waals surface area contributed by atoms with Gasteiger partial charge in [0.15, 0.2) is 0 Å². The molecule has 0 saturated heterocycles. The summed E-state index contributed by atoms with van der Waals surface area (Å²) in [6.45, 7) is 1.02. The summed E-state index contributed by atoms with van der Waals surface area (Å²) in [5, 5.41) is 19.3. The lowest BCUT2D eigenvalue weighted by Crippen LogP contribution is -2.35. The SMILES string of the molecule is COCCN(CCCl)C(=O)c1c(O)cccc1O. The Morgan fingerprint density at radius 1 is 1.33 bits per heavy atom. The van der Waals surface area contributed by atoms with E-state index in [9.17, 15) is 15.0 Å². The molecule has 0 fully saturated rings. The van der Waals surface area contributed by atoms with Crippen LogP contribution in [0, 0.1) is 0 Å². The molecule has 0 heterocycles. The zero-order valence-electron chi connectivity index (χ0n) is 10.1. The van der Waals surface area contributed by atoms with Crippen LogP contribution in [-0.2, 0) is 4.74 Å². The Hall–Kier alpha value is -1.46. The number of benzene rings is 1. The average Bonchev–Trinajstić information content (AvgIpc) is 2.34. The largest absolute Gasteiger partial charge is 0.507 e. The summed E-state index contributed by atoms with van der Waals surface area (Å²) in [7, 11) is 1.53. The second-order valence-corrected chi connectivity index (χ2v) is 4.02. The molecular weight excluding hydrogens is 258 g/mol. The van der Waals surface area contributed by atoms with Crippen LogP contribution < -0.4 is 0 Å². The predicted molar refractivity (Wildman–Crippen MR) is 68.3 cm³/mol. The third-order valence-corrected chi connectivity index (χ3v) is 2.61. The third kappa shape index (κ3) is 3.51. The molecule has 2 N–H and O–H groups in total. The van der Waals surface area contributed by atoms with Crippen LogP contribution in [0.5, 0.6) is 11.5 Å². The van der Waals surface area contributed by atoms with Crippen LogP contribution in [0.2, 0.25) is 0 Å². The van der Waals surface area contributed by atoms with Gasteiger partial charge in [0, 0.05) is 26.1 Å². The number of phenolic OH excluding ortho intramolecular Hbond substituents is 2. The smallest absolute Gasteiger partial charge is 0.261 e. The van der Waals surface area contributed by atoms with Crippen LogP contribution >= 0.6 is 11.6 Å². The molecule has 5 nitrogen and oxygen atoms in total. The molecule has 6 heteroatoms. The average molecular weight is 274 g/mol. The number of nitrogens with zero attached hydrogens (tertiary/aromatic N) is 1. The molecule has 0 aliphatic heterocycles. The lowest BCUT2D eigenvalue weighted by Gasteiger charge is -2.22. The Morgan fingerprint density at radius 3 is 2.44 bits per heavy atom. The molecule has 18 heavy (non-hydrogen) atoms. The van der Waals surface area contributed by atoms with E-state index >= 15 is 0 Å². The molecule has 1 amide bonds. The molecule has 0 saturated carbocycles. The van der Waals surface area contributed by atoms with Gasteiger partial charge in [0.25, 0.3) is 5.91 Å². The van der Waals surface area contributed by atoms with Crippen LogP contribution in [-0.4, -0.2) is 53.7 Å². The monoisotopic (exact) mass is 273 g/mol. The zero-order valence-corrected chi connectivity index (χ0v) is 10.9. The highest BCUT2D eigenvalue weighted by Crippen LogP contribution is 2.27. The number of phenols is 2. The van der Waals surface area contributed by atoms with Gasteiger partial charge in [0.1, 0.15) is 17.1 Å². The third-order valence-electron chi connectivity index (χ3n) is 2.44. The summed E-state index contributed by atoms with van der Waals surface area (Å²) in [5.74, 6) is -0.707. The van der Waals surface area contributed by atoms with Crippen molar-refractivity contribution in [1.29, 1.82) is 0 Å². The maximum absolute atomic E-state index is 12.2. The highest BCUT2D eigenvalue weighted by Gasteiger charge is 2.21. The number of carbonyl (C=O) groups is 1. The molecule has 0 aromatic heterocycles. The van der Waals surface area contributed by atoms with Gasteiger partial charge in [-0.25, -0.2) is 0 Å². The van der Waals surface area contributed by atoms with Gasteiger partial charge in [0.2, 0.25) is 0 Å². The lowest BCUT2D eigenvalue weighted by molar-refractivity contribution is 0.0702. The molecule has 0 aliphatic carbocycles. The molecule has 1 aromatic carbocycles. The summed E-state index contributed by atoms with van der Waals surface area (Å²) in [6.07, 6.45) is 0. The Bertz CT molecular complexity index is 391. The summed E-state index contributed by atoms with van der Waals surface area (Å²) in [5.41, 5.74) is -0.112. The van der Waals surface area contributed by atoms with E-state index in [1.54, 1.807) is 0 Å². The van der Waals surface area contributed by atoms with Crippen molar-refractivity contribution in [3.63, 3.8) is 0 Å². The molecule has 0 unspecified atom stereocenters. The molecule has 100 valence electrons. The van der Waals surface area contributed by atoms with Gasteiger partial charge < -0.3 is 19.8 Å². The van der Waals surface area contributed by atoms with Crippen LogP contribution in [0.3, 0.4) is 0 Å². The van der Waals surface area contributed by atoms with E-state index in [-0.39, 0.29) is 22.9 Å². The van der Waals surface area contributed by atoms with Crippen molar-refractivity contribution in [2.24, 2.45) is 0 Å². The number of amides is 1. The van der Waals surface area contributed by atoms with Gasteiger partial charge in [-0.05, 0) is 12.1 Å². The number of rotatable bonds is 6. The van der Waals surface area contributed by atoms with Crippen LogP contribution in [0.25, 0.3) is 0 Å². The van der Waals surface area contributed by atoms with E-state index in [1.165, 1.54) is 30.2 Å². The second-order valence-electron chi connectivity index (χ2n) is 3.65. The Labute approximate surface area is 111 Å². The van der Waals surface area contributed by atoms with Gasteiger partial charge in [-0.3, -0.25) is 4.79 Å². The van der Waals surface area contributed by atoms with Crippen molar-refractivity contribution >= 4 is 17.5 Å². The summed E-state index contributed by atoms with van der Waals surface area (Å²) >= 11 is 5.63. The van der Waals surface area contributed by atoms with Gasteiger partial charge in [0.05, 0.1) is 6.61 Å². The first-order valence-corrected chi connectivity index (χ1v) is 6.00. The van der Waals surface area contributed by atoms with Crippen molar-refractivity contribution in [2.45, 2.75) is 0 Å². The minimum Gasteiger partial charge on any atom is -0.507 e. The number of hydrogen-bond donors (Lipinski definition) is 2. The van der Waals surface area contributed by atoms with Crippen molar-refractivity contribution in [1.82, 2.24) is 4.90 Å². The molecule has 0 bridgehead atoms. The van der Waals surface area contributed by atoms with Crippen molar-refractivity contribution in [3.8, 4) is 11.5 Å². The Morgan fingerprint density at radius 2 is 1.94 bits per heavy atom. The quantitative estimate of drug-likeness (QED) is 0.769. The van der Waals surface area contributed by atoms with E-state index in [2.05, 4.69) is 0 Å². The molecule has 0 radical (unpaired) electrons. The van der Waals surface area contributed by atoms with Crippen LogP contribution in [0.4, 0.5) is 0 Å². The summed E-state index contributed by atoms with van der Waals surface area (Å²) in [4.78, 5) is 13.6. The fraction of sp³-hybridized carbons (Fsp3) is 0.417.